The number of aliphatic hydroxyl groups is 1. The van der Waals surface area contributed by atoms with Crippen molar-refractivity contribution < 1.29 is 5.11 Å². The van der Waals surface area contributed by atoms with E-state index in [1.807, 2.05) is 12.1 Å². The molecule has 0 saturated heterocycles. The minimum atomic E-state index is -0.594. The Hall–Kier alpha value is -1.81. The SMILES string of the molecule is CC(O)c1ccccc1-n1cc[nH]c1=O. The van der Waals surface area contributed by atoms with Crippen molar-refractivity contribution in [2.75, 3.05) is 0 Å². The first-order valence-corrected chi connectivity index (χ1v) is 4.73. The van der Waals surface area contributed by atoms with Gasteiger partial charge in [-0.3, -0.25) is 4.57 Å². The summed E-state index contributed by atoms with van der Waals surface area (Å²) in [5, 5.41) is 9.57. The van der Waals surface area contributed by atoms with Crippen LogP contribution >= 0.6 is 0 Å². The molecule has 0 amide bonds. The number of aromatic amines is 1. The van der Waals surface area contributed by atoms with E-state index in [4.69, 9.17) is 0 Å². The number of benzene rings is 1. The van der Waals surface area contributed by atoms with Crippen molar-refractivity contribution in [3.05, 3.63) is 52.7 Å². The summed E-state index contributed by atoms with van der Waals surface area (Å²) in [6.07, 6.45) is 2.62. The lowest BCUT2D eigenvalue weighted by Crippen LogP contribution is -2.16. The van der Waals surface area contributed by atoms with Gasteiger partial charge in [0.05, 0.1) is 11.8 Å². The fourth-order valence-electron chi connectivity index (χ4n) is 1.57. The third kappa shape index (κ3) is 1.71. The van der Waals surface area contributed by atoms with Crippen LogP contribution in [0.5, 0.6) is 0 Å². The van der Waals surface area contributed by atoms with Gasteiger partial charge in [0.1, 0.15) is 0 Å². The van der Waals surface area contributed by atoms with Crippen LogP contribution in [0.25, 0.3) is 5.69 Å². The molecule has 2 rings (SSSR count). The maximum atomic E-state index is 11.4. The largest absolute Gasteiger partial charge is 0.389 e. The van der Waals surface area contributed by atoms with E-state index in [0.717, 1.165) is 5.56 Å². The number of H-pyrrole nitrogens is 1. The summed E-state index contributed by atoms with van der Waals surface area (Å²) in [4.78, 5) is 14.0. The zero-order valence-electron chi connectivity index (χ0n) is 8.34. The second kappa shape index (κ2) is 3.74. The smallest absolute Gasteiger partial charge is 0.330 e. The van der Waals surface area contributed by atoms with Crippen molar-refractivity contribution in [2.24, 2.45) is 0 Å². The molecule has 1 unspecified atom stereocenters. The molecule has 0 spiro atoms. The van der Waals surface area contributed by atoms with Crippen molar-refractivity contribution in [1.29, 1.82) is 0 Å². The van der Waals surface area contributed by atoms with Crippen LogP contribution in [0, 0.1) is 0 Å². The minimum absolute atomic E-state index is 0.205. The molecule has 1 aromatic heterocycles. The molecule has 0 aliphatic rings. The Morgan fingerprint density at radius 2 is 2.13 bits per heavy atom. The van der Waals surface area contributed by atoms with Crippen LogP contribution < -0.4 is 5.69 Å². The normalized spacial score (nSPS) is 12.7. The molecule has 1 heterocycles. The number of hydrogen-bond acceptors (Lipinski definition) is 2. The first-order valence-electron chi connectivity index (χ1n) is 4.73. The quantitative estimate of drug-likeness (QED) is 0.772. The third-order valence-electron chi connectivity index (χ3n) is 2.30. The van der Waals surface area contributed by atoms with E-state index in [0.29, 0.717) is 5.69 Å². The Bertz CT molecular complexity index is 511. The Morgan fingerprint density at radius 1 is 1.40 bits per heavy atom. The molecule has 2 aromatic rings. The molecule has 0 radical (unpaired) electrons. The number of nitrogens with one attached hydrogen (secondary N) is 1. The average molecular weight is 204 g/mol. The van der Waals surface area contributed by atoms with Gasteiger partial charge >= 0.3 is 5.69 Å². The molecule has 4 heteroatoms. The van der Waals surface area contributed by atoms with Gasteiger partial charge in [0.25, 0.3) is 0 Å². The monoisotopic (exact) mass is 204 g/mol. The second-order valence-electron chi connectivity index (χ2n) is 3.37. The highest BCUT2D eigenvalue weighted by atomic mass is 16.3. The zero-order valence-corrected chi connectivity index (χ0v) is 8.34. The van der Waals surface area contributed by atoms with Gasteiger partial charge in [0.2, 0.25) is 0 Å². The highest BCUT2D eigenvalue weighted by Gasteiger charge is 2.09. The van der Waals surface area contributed by atoms with Crippen molar-refractivity contribution in [3.8, 4) is 5.69 Å². The number of nitrogens with zero attached hydrogens (tertiary/aromatic N) is 1. The molecule has 0 saturated carbocycles. The van der Waals surface area contributed by atoms with E-state index >= 15 is 0 Å². The van der Waals surface area contributed by atoms with Gasteiger partial charge < -0.3 is 10.1 Å². The number of aromatic nitrogens is 2. The third-order valence-corrected chi connectivity index (χ3v) is 2.30. The van der Waals surface area contributed by atoms with Gasteiger partial charge in [0.15, 0.2) is 0 Å². The molecule has 0 aliphatic carbocycles. The van der Waals surface area contributed by atoms with E-state index in [1.54, 1.807) is 31.5 Å². The van der Waals surface area contributed by atoms with E-state index in [9.17, 15) is 9.90 Å². The summed E-state index contributed by atoms with van der Waals surface area (Å²) in [5.41, 5.74) is 1.24. The lowest BCUT2D eigenvalue weighted by atomic mass is 10.1. The van der Waals surface area contributed by atoms with E-state index in [-0.39, 0.29) is 5.69 Å². The molecule has 0 fully saturated rings. The van der Waals surface area contributed by atoms with E-state index < -0.39 is 6.10 Å². The van der Waals surface area contributed by atoms with Crippen LogP contribution in [0.3, 0.4) is 0 Å². The van der Waals surface area contributed by atoms with Crippen molar-refractivity contribution in [3.63, 3.8) is 0 Å². The van der Waals surface area contributed by atoms with Crippen molar-refractivity contribution in [2.45, 2.75) is 13.0 Å². The van der Waals surface area contributed by atoms with Gasteiger partial charge in [0, 0.05) is 18.0 Å². The summed E-state index contributed by atoms with van der Waals surface area (Å²) >= 11 is 0. The Kier molecular flexibility index (Phi) is 2.43. The van der Waals surface area contributed by atoms with Gasteiger partial charge in [-0.25, -0.2) is 4.79 Å². The average Bonchev–Trinajstić information content (AvgIpc) is 2.64. The standard InChI is InChI=1S/C11H12N2O2/c1-8(14)9-4-2-3-5-10(9)13-7-6-12-11(13)15/h2-8,14H,1H3,(H,12,15). The molecule has 1 aromatic carbocycles. The van der Waals surface area contributed by atoms with Crippen LogP contribution in [0.1, 0.15) is 18.6 Å². The molecule has 0 aliphatic heterocycles. The van der Waals surface area contributed by atoms with Crippen LogP contribution in [-0.4, -0.2) is 14.7 Å². The number of rotatable bonds is 2. The number of hydrogen-bond donors (Lipinski definition) is 2. The van der Waals surface area contributed by atoms with Crippen LogP contribution in [0.15, 0.2) is 41.5 Å². The molecule has 4 nitrogen and oxygen atoms in total. The van der Waals surface area contributed by atoms with Crippen LogP contribution in [-0.2, 0) is 0 Å². The van der Waals surface area contributed by atoms with Gasteiger partial charge in [-0.05, 0) is 13.0 Å². The summed E-state index contributed by atoms with van der Waals surface area (Å²) in [7, 11) is 0. The first kappa shape index (κ1) is 9.73. The Morgan fingerprint density at radius 3 is 2.73 bits per heavy atom. The predicted molar refractivity (Wildman–Crippen MR) is 57.0 cm³/mol. The number of para-hydroxylation sites is 1. The lowest BCUT2D eigenvalue weighted by molar-refractivity contribution is 0.199. The summed E-state index contributed by atoms with van der Waals surface area (Å²) in [6.45, 7) is 1.68. The summed E-state index contributed by atoms with van der Waals surface area (Å²) in [6, 6.07) is 7.28. The molecular weight excluding hydrogens is 192 g/mol. The maximum absolute atomic E-state index is 11.4. The van der Waals surface area contributed by atoms with Gasteiger partial charge in [-0.1, -0.05) is 18.2 Å². The predicted octanol–water partition coefficient (Wildman–Crippen LogP) is 1.22. The fourth-order valence-corrected chi connectivity index (χ4v) is 1.57. The Labute approximate surface area is 86.8 Å². The van der Waals surface area contributed by atoms with Crippen LogP contribution in [0.4, 0.5) is 0 Å². The fraction of sp³-hybridized carbons (Fsp3) is 0.182. The number of imidazole rings is 1. The second-order valence-corrected chi connectivity index (χ2v) is 3.37. The summed E-state index contributed by atoms with van der Waals surface area (Å²) in [5.74, 6) is 0. The molecule has 1 atom stereocenters. The molecular formula is C11H12N2O2. The molecule has 78 valence electrons. The first-order chi connectivity index (χ1) is 7.20. The topological polar surface area (TPSA) is 58.0 Å². The molecule has 2 N–H and O–H groups in total. The van der Waals surface area contributed by atoms with Crippen molar-refractivity contribution >= 4 is 0 Å². The maximum Gasteiger partial charge on any atom is 0.330 e. The van der Waals surface area contributed by atoms with Gasteiger partial charge in [-0.15, -0.1) is 0 Å². The van der Waals surface area contributed by atoms with Crippen LogP contribution in [0.2, 0.25) is 0 Å². The minimum Gasteiger partial charge on any atom is -0.389 e. The molecule has 0 bridgehead atoms. The lowest BCUT2D eigenvalue weighted by Gasteiger charge is -2.11. The van der Waals surface area contributed by atoms with Gasteiger partial charge in [-0.2, -0.15) is 0 Å². The molecule has 15 heavy (non-hydrogen) atoms. The summed E-state index contributed by atoms with van der Waals surface area (Å²) < 4.78 is 1.47. The van der Waals surface area contributed by atoms with E-state index in [1.165, 1.54) is 4.57 Å². The zero-order chi connectivity index (χ0) is 10.8. The highest BCUT2D eigenvalue weighted by molar-refractivity contribution is 5.42. The Balaban J connectivity index is 2.63. The number of aliphatic hydroxyl groups excluding tert-OH is 1. The van der Waals surface area contributed by atoms with Crippen molar-refractivity contribution in [1.82, 2.24) is 9.55 Å². The highest BCUT2D eigenvalue weighted by Crippen LogP contribution is 2.19. The van der Waals surface area contributed by atoms with E-state index in [2.05, 4.69) is 4.98 Å².